The number of ketones is 1. The van der Waals surface area contributed by atoms with Crippen LogP contribution in [0.2, 0.25) is 5.02 Å². The van der Waals surface area contributed by atoms with Crippen molar-refractivity contribution < 1.29 is 14.4 Å². The molecule has 174 valence electrons. The summed E-state index contributed by atoms with van der Waals surface area (Å²) in [7, 11) is 0. The topological polar surface area (TPSA) is 70.1 Å². The fourth-order valence-electron chi connectivity index (χ4n) is 5.75. The minimum atomic E-state index is -0.900. The molecule has 3 aliphatic rings. The molecular weight excluding hydrogens is 462 g/mol. The number of hydrogen-bond donors (Lipinski definition) is 0. The second-order valence-corrected chi connectivity index (χ2v) is 9.80. The molecule has 0 saturated carbocycles. The summed E-state index contributed by atoms with van der Waals surface area (Å²) in [4.78, 5) is 43.0. The number of carbonyl (C=O) groups excluding carboxylic acids is 3. The fourth-order valence-corrected chi connectivity index (χ4v) is 5.87. The molecule has 7 heteroatoms. The molecule has 0 N–H and O–H groups in total. The Labute approximate surface area is 207 Å². The number of halogens is 1. The third-order valence-corrected chi connectivity index (χ3v) is 7.54. The fraction of sp³-hybridized carbons (Fsp3) is 0.214. The van der Waals surface area contributed by atoms with Crippen molar-refractivity contribution in [2.45, 2.75) is 25.9 Å². The summed E-state index contributed by atoms with van der Waals surface area (Å²) in [5.74, 6) is -2.47. The lowest BCUT2D eigenvalue weighted by Gasteiger charge is -2.34. The highest BCUT2D eigenvalue weighted by molar-refractivity contribution is 6.30. The molecular formula is C28H22ClN3O3. The molecule has 0 aliphatic carbocycles. The van der Waals surface area contributed by atoms with Crippen molar-refractivity contribution in [1.82, 2.24) is 5.01 Å². The van der Waals surface area contributed by atoms with Crippen LogP contribution in [0.5, 0.6) is 0 Å². The van der Waals surface area contributed by atoms with Crippen molar-refractivity contribution >= 4 is 41.1 Å². The highest BCUT2D eigenvalue weighted by Gasteiger charge is 2.65. The number of anilines is 1. The molecule has 3 aliphatic heterocycles. The maximum atomic E-state index is 13.9. The van der Waals surface area contributed by atoms with Crippen LogP contribution in [0.4, 0.5) is 5.69 Å². The Hall–Kier alpha value is -3.77. The Kier molecular flexibility index (Phi) is 4.90. The molecule has 3 heterocycles. The summed E-state index contributed by atoms with van der Waals surface area (Å²) in [6.45, 7) is 3.86. The second kappa shape index (κ2) is 7.89. The van der Waals surface area contributed by atoms with Crippen molar-refractivity contribution in [3.8, 4) is 0 Å². The Morgan fingerprint density at radius 1 is 0.914 bits per heavy atom. The Morgan fingerprint density at radius 3 is 2.37 bits per heavy atom. The lowest BCUT2D eigenvalue weighted by atomic mass is 9.83. The van der Waals surface area contributed by atoms with Gasteiger partial charge in [-0.3, -0.25) is 19.4 Å². The van der Waals surface area contributed by atoms with E-state index in [9.17, 15) is 14.4 Å². The predicted molar refractivity (Wildman–Crippen MR) is 134 cm³/mol. The van der Waals surface area contributed by atoms with Crippen LogP contribution in [0.3, 0.4) is 0 Å². The van der Waals surface area contributed by atoms with Crippen molar-refractivity contribution in [1.29, 1.82) is 0 Å². The van der Waals surface area contributed by atoms with E-state index in [1.165, 1.54) is 4.90 Å². The number of carbonyl (C=O) groups is 3. The van der Waals surface area contributed by atoms with E-state index in [2.05, 4.69) is 5.10 Å². The largest absolute Gasteiger partial charge is 0.292 e. The Balaban J connectivity index is 1.50. The van der Waals surface area contributed by atoms with Crippen molar-refractivity contribution in [2.75, 3.05) is 4.90 Å². The number of rotatable bonds is 3. The van der Waals surface area contributed by atoms with E-state index >= 15 is 0 Å². The number of amides is 2. The molecule has 3 aromatic rings. The number of benzene rings is 3. The minimum absolute atomic E-state index is 0.251. The van der Waals surface area contributed by atoms with E-state index in [0.717, 1.165) is 22.3 Å². The number of hydrazone groups is 1. The van der Waals surface area contributed by atoms with E-state index in [-0.39, 0.29) is 17.6 Å². The average Bonchev–Trinajstić information content (AvgIpc) is 3.32. The SMILES string of the molecule is Cc1ccc(N2C(=O)[C@@H]3[C@H](C2=O)[C@H]2c4ccccc4C=NN2[C@@H]3C(=O)c2ccc(Cl)cc2)c(C)c1. The first-order valence-corrected chi connectivity index (χ1v) is 11.9. The molecule has 3 aromatic carbocycles. The first kappa shape index (κ1) is 21.7. The van der Waals surface area contributed by atoms with Crippen LogP contribution in [0.25, 0.3) is 0 Å². The number of imide groups is 1. The zero-order chi connectivity index (χ0) is 24.4. The van der Waals surface area contributed by atoms with Gasteiger partial charge >= 0.3 is 0 Å². The molecule has 0 unspecified atom stereocenters. The van der Waals surface area contributed by atoms with Gasteiger partial charge in [0, 0.05) is 10.6 Å². The molecule has 2 fully saturated rings. The molecule has 0 aromatic heterocycles. The molecule has 35 heavy (non-hydrogen) atoms. The van der Waals surface area contributed by atoms with Gasteiger partial charge in [0.25, 0.3) is 0 Å². The quantitative estimate of drug-likeness (QED) is 0.399. The summed E-state index contributed by atoms with van der Waals surface area (Å²) >= 11 is 6.04. The monoisotopic (exact) mass is 483 g/mol. The first-order valence-electron chi connectivity index (χ1n) is 11.5. The summed E-state index contributed by atoms with van der Waals surface area (Å²) in [6.07, 6.45) is 1.70. The molecule has 0 spiro atoms. The highest BCUT2D eigenvalue weighted by Crippen LogP contribution is 2.53. The van der Waals surface area contributed by atoms with Crippen molar-refractivity contribution in [3.05, 3.63) is 99.6 Å². The van der Waals surface area contributed by atoms with Gasteiger partial charge in [-0.1, -0.05) is 53.6 Å². The van der Waals surface area contributed by atoms with Crippen LogP contribution in [0.1, 0.15) is 38.7 Å². The second-order valence-electron chi connectivity index (χ2n) is 9.37. The van der Waals surface area contributed by atoms with Crippen LogP contribution < -0.4 is 4.90 Å². The molecule has 0 bridgehead atoms. The maximum Gasteiger partial charge on any atom is 0.240 e. The molecule has 2 saturated heterocycles. The van der Waals surface area contributed by atoms with E-state index in [4.69, 9.17) is 11.6 Å². The maximum absolute atomic E-state index is 13.9. The van der Waals surface area contributed by atoms with Gasteiger partial charge in [0.2, 0.25) is 11.8 Å². The number of fused-ring (bicyclic) bond motifs is 5. The van der Waals surface area contributed by atoms with Gasteiger partial charge in [0.15, 0.2) is 5.78 Å². The summed E-state index contributed by atoms with van der Waals surface area (Å²) < 4.78 is 0. The van der Waals surface area contributed by atoms with Gasteiger partial charge in [-0.05, 0) is 60.9 Å². The van der Waals surface area contributed by atoms with Gasteiger partial charge in [0.1, 0.15) is 6.04 Å². The van der Waals surface area contributed by atoms with Gasteiger partial charge < -0.3 is 0 Å². The van der Waals surface area contributed by atoms with Crippen molar-refractivity contribution in [2.24, 2.45) is 16.9 Å². The van der Waals surface area contributed by atoms with E-state index in [0.29, 0.717) is 16.3 Å². The number of hydrogen-bond acceptors (Lipinski definition) is 5. The standard InChI is InChI=1S/C28H22ClN3O3/c1-15-7-12-21(16(2)13-15)31-27(34)22-23(28(31)35)25(26(33)17-8-10-19(29)11-9-17)32-24(22)20-6-4-3-5-18(20)14-30-32/h3-14,22-25H,1-2H3/t22-,23+,24+,25-/m0/s1. The molecule has 6 rings (SSSR count). The number of aryl methyl sites for hydroxylation is 2. The smallest absolute Gasteiger partial charge is 0.240 e. The lowest BCUT2D eigenvalue weighted by molar-refractivity contribution is -0.124. The zero-order valence-corrected chi connectivity index (χ0v) is 19.9. The van der Waals surface area contributed by atoms with Gasteiger partial charge in [0.05, 0.1) is 29.8 Å². The third kappa shape index (κ3) is 3.17. The Morgan fingerprint density at radius 2 is 1.63 bits per heavy atom. The lowest BCUT2D eigenvalue weighted by Crippen LogP contribution is -2.44. The summed E-state index contributed by atoms with van der Waals surface area (Å²) in [5, 5.41) is 6.78. The third-order valence-electron chi connectivity index (χ3n) is 7.28. The van der Waals surface area contributed by atoms with Crippen LogP contribution in [-0.4, -0.2) is 34.9 Å². The van der Waals surface area contributed by atoms with Crippen LogP contribution >= 0.6 is 11.6 Å². The average molecular weight is 484 g/mol. The molecule has 0 radical (unpaired) electrons. The minimum Gasteiger partial charge on any atom is -0.292 e. The molecule has 2 amide bonds. The zero-order valence-electron chi connectivity index (χ0n) is 19.2. The summed E-state index contributed by atoms with van der Waals surface area (Å²) in [5.41, 5.74) is 4.66. The van der Waals surface area contributed by atoms with E-state index < -0.39 is 23.9 Å². The molecule has 6 nitrogen and oxygen atoms in total. The Bertz CT molecular complexity index is 1430. The number of Topliss-reactive ketones (excluding diaryl/α,β-unsaturated/α-hetero) is 1. The first-order chi connectivity index (χ1) is 16.9. The van der Waals surface area contributed by atoms with Crippen LogP contribution in [0, 0.1) is 25.7 Å². The highest BCUT2D eigenvalue weighted by atomic mass is 35.5. The van der Waals surface area contributed by atoms with Crippen molar-refractivity contribution in [3.63, 3.8) is 0 Å². The normalized spacial score (nSPS) is 24.4. The van der Waals surface area contributed by atoms with Crippen LogP contribution in [-0.2, 0) is 9.59 Å². The van der Waals surface area contributed by atoms with E-state index in [1.54, 1.807) is 35.5 Å². The van der Waals surface area contributed by atoms with Gasteiger partial charge in [-0.2, -0.15) is 5.10 Å². The molecule has 4 atom stereocenters. The van der Waals surface area contributed by atoms with Gasteiger partial charge in [-0.15, -0.1) is 0 Å². The van der Waals surface area contributed by atoms with Gasteiger partial charge in [-0.25, -0.2) is 4.90 Å². The van der Waals surface area contributed by atoms with E-state index in [1.807, 2.05) is 56.3 Å². The predicted octanol–water partition coefficient (Wildman–Crippen LogP) is 4.72. The van der Waals surface area contributed by atoms with Crippen LogP contribution in [0.15, 0.2) is 71.8 Å². The number of nitrogens with zero attached hydrogens (tertiary/aromatic N) is 3. The summed E-state index contributed by atoms with van der Waals surface area (Å²) in [6, 6.07) is 18.5.